The van der Waals surface area contributed by atoms with Gasteiger partial charge in [0.1, 0.15) is 0 Å². The van der Waals surface area contributed by atoms with Crippen molar-refractivity contribution in [1.82, 2.24) is 9.97 Å². The van der Waals surface area contributed by atoms with Crippen molar-refractivity contribution in [3.05, 3.63) is 17.5 Å². The molecule has 1 saturated heterocycles. The summed E-state index contributed by atoms with van der Waals surface area (Å²) in [6, 6.07) is 0. The minimum Gasteiger partial charge on any atom is -0.479 e. The Bertz CT molecular complexity index is 549. The smallest absolute Gasteiger partial charge is 0.341 e. The molecule has 1 N–H and O–H groups in total. The Morgan fingerprint density at radius 3 is 2.95 bits per heavy atom. The van der Waals surface area contributed by atoms with E-state index in [1.807, 2.05) is 0 Å². The summed E-state index contributed by atoms with van der Waals surface area (Å²) in [5.74, 6) is -1.10. The monoisotopic (exact) mass is 295 g/mol. The van der Waals surface area contributed by atoms with Crippen molar-refractivity contribution in [3.63, 3.8) is 0 Å². The van der Waals surface area contributed by atoms with E-state index >= 15 is 0 Å². The summed E-state index contributed by atoms with van der Waals surface area (Å²) in [4.78, 5) is 32.8. The highest BCUT2D eigenvalue weighted by Gasteiger charge is 2.28. The molecule has 8 nitrogen and oxygen atoms in total. The summed E-state index contributed by atoms with van der Waals surface area (Å²) >= 11 is 0. The van der Waals surface area contributed by atoms with Crippen LogP contribution in [0.4, 0.5) is 5.95 Å². The molecule has 1 fully saturated rings. The van der Waals surface area contributed by atoms with Gasteiger partial charge in [-0.05, 0) is 13.8 Å². The summed E-state index contributed by atoms with van der Waals surface area (Å²) in [6.07, 6.45) is 0.508. The van der Waals surface area contributed by atoms with Crippen molar-refractivity contribution < 1.29 is 24.2 Å². The van der Waals surface area contributed by atoms with Crippen LogP contribution in [0.5, 0.6) is 0 Å². The Morgan fingerprint density at radius 2 is 2.33 bits per heavy atom. The summed E-state index contributed by atoms with van der Waals surface area (Å²) in [5, 5.41) is 8.98. The number of hydrogen-bond acceptors (Lipinski definition) is 7. The number of morpholine rings is 1. The molecule has 114 valence electrons. The van der Waals surface area contributed by atoms with Crippen LogP contribution >= 0.6 is 0 Å². The highest BCUT2D eigenvalue weighted by molar-refractivity contribution is 5.90. The predicted octanol–water partition coefficient (Wildman–Crippen LogP) is 0.252. The molecule has 0 saturated carbocycles. The first-order valence-corrected chi connectivity index (χ1v) is 6.63. The molecule has 8 heteroatoms. The Kier molecular flexibility index (Phi) is 4.69. The Balaban J connectivity index is 2.16. The van der Waals surface area contributed by atoms with Crippen LogP contribution < -0.4 is 4.90 Å². The average molecular weight is 295 g/mol. The largest absolute Gasteiger partial charge is 0.479 e. The number of aryl methyl sites for hydroxylation is 1. The fourth-order valence-corrected chi connectivity index (χ4v) is 2.00. The minimum absolute atomic E-state index is 0.174. The molecular formula is C13H17N3O5. The zero-order chi connectivity index (χ0) is 15.4. The second-order valence-electron chi connectivity index (χ2n) is 4.53. The Hall–Kier alpha value is -2.22. The highest BCUT2D eigenvalue weighted by atomic mass is 16.5. The third kappa shape index (κ3) is 3.46. The molecule has 0 amide bonds. The van der Waals surface area contributed by atoms with Crippen LogP contribution in [0.1, 0.15) is 23.0 Å². The van der Waals surface area contributed by atoms with Crippen LogP contribution in [0.3, 0.4) is 0 Å². The van der Waals surface area contributed by atoms with Crippen molar-refractivity contribution in [2.45, 2.75) is 20.0 Å². The van der Waals surface area contributed by atoms with E-state index in [0.29, 0.717) is 30.4 Å². The molecule has 1 aliphatic heterocycles. The van der Waals surface area contributed by atoms with Crippen LogP contribution in [0.15, 0.2) is 6.20 Å². The molecule has 2 rings (SSSR count). The number of carboxylic acid groups (broad SMARTS) is 1. The summed E-state index contributed by atoms with van der Waals surface area (Å²) < 4.78 is 10.1. The van der Waals surface area contributed by atoms with E-state index in [2.05, 4.69) is 9.97 Å². The summed E-state index contributed by atoms with van der Waals surface area (Å²) in [5.41, 5.74) is 0.806. The van der Waals surface area contributed by atoms with Gasteiger partial charge in [-0.1, -0.05) is 0 Å². The number of anilines is 1. The molecule has 1 unspecified atom stereocenters. The van der Waals surface area contributed by atoms with Gasteiger partial charge in [-0.3, -0.25) is 0 Å². The molecule has 0 aromatic carbocycles. The van der Waals surface area contributed by atoms with E-state index in [0.717, 1.165) is 0 Å². The van der Waals surface area contributed by atoms with Gasteiger partial charge in [0.25, 0.3) is 0 Å². The van der Waals surface area contributed by atoms with Gasteiger partial charge in [-0.15, -0.1) is 0 Å². The van der Waals surface area contributed by atoms with Gasteiger partial charge >= 0.3 is 11.9 Å². The average Bonchev–Trinajstić information content (AvgIpc) is 2.47. The van der Waals surface area contributed by atoms with E-state index < -0.39 is 18.0 Å². The topological polar surface area (TPSA) is 102 Å². The number of rotatable bonds is 4. The molecule has 0 bridgehead atoms. The molecular weight excluding hydrogens is 278 g/mol. The van der Waals surface area contributed by atoms with Gasteiger partial charge < -0.3 is 19.5 Å². The third-order valence-corrected chi connectivity index (χ3v) is 3.09. The number of aliphatic carboxylic acids is 1. The van der Waals surface area contributed by atoms with E-state index in [1.165, 1.54) is 6.20 Å². The lowest BCUT2D eigenvalue weighted by Gasteiger charge is -2.30. The normalized spacial score (nSPS) is 18.4. The van der Waals surface area contributed by atoms with Gasteiger partial charge in [-0.25, -0.2) is 19.6 Å². The van der Waals surface area contributed by atoms with Gasteiger partial charge in [0.2, 0.25) is 5.95 Å². The van der Waals surface area contributed by atoms with Gasteiger partial charge in [-0.2, -0.15) is 0 Å². The molecule has 2 heterocycles. The Morgan fingerprint density at radius 1 is 1.57 bits per heavy atom. The van der Waals surface area contributed by atoms with Crippen LogP contribution in [0, 0.1) is 6.92 Å². The predicted molar refractivity (Wildman–Crippen MR) is 72.3 cm³/mol. The standard InChI is InChI=1S/C13H17N3O5/c1-3-20-12(19)9-6-14-13(15-8(9)2)16-4-5-21-10(7-16)11(17)18/h6,10H,3-5,7H2,1-2H3,(H,17,18). The lowest BCUT2D eigenvalue weighted by Crippen LogP contribution is -2.46. The first kappa shape index (κ1) is 15.2. The number of hydrogen-bond donors (Lipinski definition) is 1. The number of carbonyl (C=O) groups excluding carboxylic acids is 1. The molecule has 1 atom stereocenters. The third-order valence-electron chi connectivity index (χ3n) is 3.09. The van der Waals surface area contributed by atoms with Crippen molar-refractivity contribution in [2.24, 2.45) is 0 Å². The van der Waals surface area contributed by atoms with Crippen molar-refractivity contribution >= 4 is 17.9 Å². The zero-order valence-electron chi connectivity index (χ0n) is 11.9. The van der Waals surface area contributed by atoms with Crippen LogP contribution in [-0.4, -0.2) is 59.4 Å². The summed E-state index contributed by atoms with van der Waals surface area (Å²) in [7, 11) is 0. The molecule has 1 aromatic rings. The van der Waals surface area contributed by atoms with Crippen molar-refractivity contribution in [2.75, 3.05) is 31.2 Å². The molecule has 0 aliphatic carbocycles. The number of carbonyl (C=O) groups is 2. The van der Waals surface area contributed by atoms with Gasteiger partial charge in [0.05, 0.1) is 31.0 Å². The first-order chi connectivity index (χ1) is 10.0. The first-order valence-electron chi connectivity index (χ1n) is 6.63. The number of aromatic nitrogens is 2. The second kappa shape index (κ2) is 6.49. The number of nitrogens with zero attached hydrogens (tertiary/aromatic N) is 3. The molecule has 21 heavy (non-hydrogen) atoms. The maximum Gasteiger partial charge on any atom is 0.341 e. The quantitative estimate of drug-likeness (QED) is 0.789. The molecule has 1 aliphatic rings. The van der Waals surface area contributed by atoms with Crippen molar-refractivity contribution in [3.8, 4) is 0 Å². The highest BCUT2D eigenvalue weighted by Crippen LogP contribution is 2.15. The molecule has 1 aromatic heterocycles. The minimum atomic E-state index is -1.01. The second-order valence-corrected chi connectivity index (χ2v) is 4.53. The van der Waals surface area contributed by atoms with Gasteiger partial charge in [0.15, 0.2) is 6.10 Å². The fraction of sp³-hybridized carbons (Fsp3) is 0.538. The van der Waals surface area contributed by atoms with E-state index in [9.17, 15) is 9.59 Å². The fourth-order valence-electron chi connectivity index (χ4n) is 2.00. The van der Waals surface area contributed by atoms with Crippen LogP contribution in [0.2, 0.25) is 0 Å². The number of ether oxygens (including phenoxy) is 2. The maximum atomic E-state index is 11.7. The van der Waals surface area contributed by atoms with Crippen LogP contribution in [0.25, 0.3) is 0 Å². The van der Waals surface area contributed by atoms with Gasteiger partial charge in [0, 0.05) is 12.7 Å². The summed E-state index contributed by atoms with van der Waals surface area (Å²) in [6.45, 7) is 4.66. The Labute approximate surface area is 121 Å². The number of carboxylic acids is 1. The van der Waals surface area contributed by atoms with E-state index in [1.54, 1.807) is 18.7 Å². The molecule has 0 radical (unpaired) electrons. The van der Waals surface area contributed by atoms with E-state index in [-0.39, 0.29) is 13.2 Å². The lowest BCUT2D eigenvalue weighted by molar-refractivity contribution is -0.150. The lowest BCUT2D eigenvalue weighted by atomic mass is 10.2. The molecule has 0 spiro atoms. The number of esters is 1. The SMILES string of the molecule is CCOC(=O)c1cnc(N2CCOC(C(=O)O)C2)nc1C. The maximum absolute atomic E-state index is 11.7. The van der Waals surface area contributed by atoms with Crippen molar-refractivity contribution in [1.29, 1.82) is 0 Å². The van der Waals surface area contributed by atoms with E-state index in [4.69, 9.17) is 14.6 Å². The van der Waals surface area contributed by atoms with Crippen LogP contribution in [-0.2, 0) is 14.3 Å². The zero-order valence-corrected chi connectivity index (χ0v) is 11.9.